The first-order valence-corrected chi connectivity index (χ1v) is 8.08. The highest BCUT2D eigenvalue weighted by molar-refractivity contribution is 5.77. The molecular formula is C18H21NO4. The summed E-state index contributed by atoms with van der Waals surface area (Å²) in [4.78, 5) is 4.83. The smallest absolute Gasteiger partial charge is 0.147 e. The maximum absolute atomic E-state index is 10.8. The lowest BCUT2D eigenvalue weighted by Gasteiger charge is -2.29. The van der Waals surface area contributed by atoms with Crippen molar-refractivity contribution in [1.29, 1.82) is 0 Å². The highest BCUT2D eigenvalue weighted by atomic mass is 16.6. The van der Waals surface area contributed by atoms with Gasteiger partial charge in [0.2, 0.25) is 0 Å². The summed E-state index contributed by atoms with van der Waals surface area (Å²) in [7, 11) is 0. The molecule has 1 aromatic carbocycles. The van der Waals surface area contributed by atoms with E-state index in [0.29, 0.717) is 23.7 Å². The van der Waals surface area contributed by atoms with Crippen LogP contribution in [-0.4, -0.2) is 27.5 Å². The van der Waals surface area contributed by atoms with Gasteiger partial charge in [0.05, 0.1) is 12.2 Å². The average Bonchev–Trinajstić information content (AvgIpc) is 3.35. The predicted molar refractivity (Wildman–Crippen MR) is 85.5 cm³/mol. The van der Waals surface area contributed by atoms with Crippen LogP contribution in [-0.2, 0) is 0 Å². The monoisotopic (exact) mass is 315 g/mol. The SMILES string of the molecule is NOc1ccc(C2CC2)c(C2=C(O)C3CC=C[C@H](O)C3C2O)c1. The van der Waals surface area contributed by atoms with Crippen LogP contribution in [0.1, 0.15) is 36.3 Å². The van der Waals surface area contributed by atoms with Crippen LogP contribution >= 0.6 is 0 Å². The van der Waals surface area contributed by atoms with Gasteiger partial charge in [-0.05, 0) is 48.4 Å². The summed E-state index contributed by atoms with van der Waals surface area (Å²) in [6.45, 7) is 0. The third-order valence-electron chi connectivity index (χ3n) is 5.34. The molecular weight excluding hydrogens is 294 g/mol. The molecule has 122 valence electrons. The Balaban J connectivity index is 1.82. The third kappa shape index (κ3) is 2.27. The fourth-order valence-electron chi connectivity index (χ4n) is 4.02. The van der Waals surface area contributed by atoms with Crippen LogP contribution in [0, 0.1) is 11.8 Å². The maximum Gasteiger partial charge on any atom is 0.147 e. The van der Waals surface area contributed by atoms with Gasteiger partial charge < -0.3 is 20.2 Å². The van der Waals surface area contributed by atoms with E-state index in [1.165, 1.54) is 0 Å². The van der Waals surface area contributed by atoms with Crippen molar-refractivity contribution >= 4 is 5.57 Å². The molecule has 4 rings (SSSR count). The van der Waals surface area contributed by atoms with Crippen LogP contribution in [0.4, 0.5) is 0 Å². The molecule has 0 spiro atoms. The summed E-state index contributed by atoms with van der Waals surface area (Å²) >= 11 is 0. The molecule has 3 aliphatic rings. The lowest BCUT2D eigenvalue weighted by Crippen LogP contribution is -2.34. The van der Waals surface area contributed by atoms with Crippen molar-refractivity contribution in [3.63, 3.8) is 0 Å². The molecule has 0 bridgehead atoms. The Bertz CT molecular complexity index is 692. The van der Waals surface area contributed by atoms with Gasteiger partial charge in [-0.3, -0.25) is 0 Å². The van der Waals surface area contributed by atoms with E-state index in [0.717, 1.165) is 24.0 Å². The molecule has 1 saturated carbocycles. The van der Waals surface area contributed by atoms with Gasteiger partial charge in [-0.15, -0.1) is 0 Å². The highest BCUT2D eigenvalue weighted by Crippen LogP contribution is 2.51. The molecule has 4 atom stereocenters. The Hall–Kier alpha value is -1.82. The van der Waals surface area contributed by atoms with Crippen LogP contribution in [0.2, 0.25) is 0 Å². The van der Waals surface area contributed by atoms with E-state index in [4.69, 9.17) is 10.7 Å². The Kier molecular flexibility index (Phi) is 3.44. The molecule has 0 heterocycles. The molecule has 0 aromatic heterocycles. The van der Waals surface area contributed by atoms with Crippen LogP contribution in [0.3, 0.4) is 0 Å². The standard InChI is InChI=1S/C18H21NO4/c19-23-10-6-7-11(9-4-5-9)13(8-10)16-17(21)12-2-1-3-14(20)15(12)18(16)22/h1,3,6-9,12,14-15,18,20-22H,2,4-5,19H2/t12?,14-,15?,18?/m0/s1. The molecule has 1 fully saturated rings. The first kappa shape index (κ1) is 14.8. The number of nitrogens with two attached hydrogens (primary N) is 1. The topological polar surface area (TPSA) is 95.9 Å². The molecule has 5 N–H and O–H groups in total. The molecule has 0 aliphatic heterocycles. The van der Waals surface area contributed by atoms with E-state index < -0.39 is 18.1 Å². The minimum absolute atomic E-state index is 0.182. The zero-order valence-electron chi connectivity index (χ0n) is 12.7. The quantitative estimate of drug-likeness (QED) is 0.505. The minimum atomic E-state index is -0.898. The van der Waals surface area contributed by atoms with Crippen molar-refractivity contribution in [2.75, 3.05) is 0 Å². The number of benzene rings is 1. The molecule has 0 amide bonds. The Morgan fingerprint density at radius 3 is 2.61 bits per heavy atom. The van der Waals surface area contributed by atoms with Crippen molar-refractivity contribution in [3.8, 4) is 5.75 Å². The van der Waals surface area contributed by atoms with Crippen LogP contribution in [0.15, 0.2) is 36.1 Å². The van der Waals surface area contributed by atoms with E-state index in [2.05, 4.69) is 0 Å². The Morgan fingerprint density at radius 1 is 1.17 bits per heavy atom. The van der Waals surface area contributed by atoms with E-state index in [9.17, 15) is 15.3 Å². The Morgan fingerprint density at radius 2 is 1.96 bits per heavy atom. The van der Waals surface area contributed by atoms with Crippen molar-refractivity contribution < 1.29 is 20.2 Å². The summed E-state index contributed by atoms with van der Waals surface area (Å²) in [5.74, 6) is 5.76. The summed E-state index contributed by atoms with van der Waals surface area (Å²) < 4.78 is 0. The number of hydrogen-bond donors (Lipinski definition) is 4. The summed E-state index contributed by atoms with van der Waals surface area (Å²) in [6, 6.07) is 5.54. The van der Waals surface area contributed by atoms with E-state index in [-0.39, 0.29) is 11.7 Å². The summed E-state index contributed by atoms with van der Waals surface area (Å²) in [6.07, 6.45) is 4.75. The third-order valence-corrected chi connectivity index (χ3v) is 5.34. The zero-order chi connectivity index (χ0) is 16.1. The number of aliphatic hydroxyl groups is 3. The normalized spacial score (nSPS) is 33.0. The van der Waals surface area contributed by atoms with Gasteiger partial charge in [0.25, 0.3) is 0 Å². The van der Waals surface area contributed by atoms with Gasteiger partial charge in [0.15, 0.2) is 0 Å². The van der Waals surface area contributed by atoms with Crippen molar-refractivity contribution in [2.24, 2.45) is 17.7 Å². The lowest BCUT2D eigenvalue weighted by atomic mass is 9.81. The van der Waals surface area contributed by atoms with Gasteiger partial charge in [-0.25, -0.2) is 0 Å². The highest BCUT2D eigenvalue weighted by Gasteiger charge is 2.47. The van der Waals surface area contributed by atoms with Gasteiger partial charge in [0, 0.05) is 17.4 Å². The van der Waals surface area contributed by atoms with E-state index >= 15 is 0 Å². The van der Waals surface area contributed by atoms with Gasteiger partial charge >= 0.3 is 0 Å². The summed E-state index contributed by atoms with van der Waals surface area (Å²) in [5, 5.41) is 31.7. The zero-order valence-corrected chi connectivity index (χ0v) is 12.7. The first-order chi connectivity index (χ1) is 11.1. The van der Waals surface area contributed by atoms with Crippen LogP contribution in [0.5, 0.6) is 5.75 Å². The number of fused-ring (bicyclic) bond motifs is 1. The molecule has 23 heavy (non-hydrogen) atoms. The second kappa shape index (κ2) is 5.37. The number of allylic oxidation sites excluding steroid dienone is 2. The first-order valence-electron chi connectivity index (χ1n) is 8.08. The van der Waals surface area contributed by atoms with E-state index in [1.807, 2.05) is 12.1 Å². The van der Waals surface area contributed by atoms with Crippen LogP contribution < -0.4 is 10.7 Å². The van der Waals surface area contributed by atoms with Crippen molar-refractivity contribution in [2.45, 2.75) is 37.4 Å². The van der Waals surface area contributed by atoms with Crippen molar-refractivity contribution in [1.82, 2.24) is 0 Å². The average molecular weight is 315 g/mol. The predicted octanol–water partition coefficient (Wildman–Crippen LogP) is 2.01. The fraction of sp³-hybridized carbons (Fsp3) is 0.444. The second-order valence-electron chi connectivity index (χ2n) is 6.72. The van der Waals surface area contributed by atoms with Gasteiger partial charge in [0.1, 0.15) is 11.5 Å². The maximum atomic E-state index is 10.8. The molecule has 5 heteroatoms. The molecule has 3 unspecified atom stereocenters. The van der Waals surface area contributed by atoms with E-state index in [1.54, 1.807) is 18.2 Å². The molecule has 3 aliphatic carbocycles. The molecule has 0 radical (unpaired) electrons. The second-order valence-corrected chi connectivity index (χ2v) is 6.72. The molecule has 0 saturated heterocycles. The number of rotatable bonds is 3. The minimum Gasteiger partial charge on any atom is -0.512 e. The number of aliphatic hydroxyl groups excluding tert-OH is 3. The summed E-state index contributed by atoms with van der Waals surface area (Å²) in [5.41, 5.74) is 2.41. The molecule has 1 aromatic rings. The fourth-order valence-corrected chi connectivity index (χ4v) is 4.02. The Labute approximate surface area is 134 Å². The number of hydrogen-bond acceptors (Lipinski definition) is 5. The van der Waals surface area contributed by atoms with Gasteiger partial charge in [-0.1, -0.05) is 18.2 Å². The molecule has 5 nitrogen and oxygen atoms in total. The van der Waals surface area contributed by atoms with Crippen LogP contribution in [0.25, 0.3) is 5.57 Å². The van der Waals surface area contributed by atoms with Crippen molar-refractivity contribution in [3.05, 3.63) is 47.2 Å². The van der Waals surface area contributed by atoms with Gasteiger partial charge in [-0.2, -0.15) is 5.90 Å². The largest absolute Gasteiger partial charge is 0.512 e. The lowest BCUT2D eigenvalue weighted by molar-refractivity contribution is 0.0403.